The van der Waals surface area contributed by atoms with Gasteiger partial charge in [-0.3, -0.25) is 10.1 Å². The van der Waals surface area contributed by atoms with Crippen molar-refractivity contribution >= 4 is 28.5 Å². The number of fused-ring (bicyclic) bond motifs is 1. The number of hydrogen-bond donors (Lipinski definition) is 1. The van der Waals surface area contributed by atoms with Crippen LogP contribution in [0.15, 0.2) is 24.5 Å². The Morgan fingerprint density at radius 1 is 1.61 bits per heavy atom. The van der Waals surface area contributed by atoms with Crippen LogP contribution in [0.5, 0.6) is 0 Å². The highest BCUT2D eigenvalue weighted by Crippen LogP contribution is 2.27. The molecule has 0 bridgehead atoms. The van der Waals surface area contributed by atoms with Crippen LogP contribution in [0.3, 0.4) is 0 Å². The van der Waals surface area contributed by atoms with Crippen LogP contribution in [0.4, 0.5) is 5.69 Å². The summed E-state index contributed by atoms with van der Waals surface area (Å²) in [5.41, 5.74) is 7.08. The van der Waals surface area contributed by atoms with Gasteiger partial charge in [-0.1, -0.05) is 0 Å². The number of benzene rings is 1. The summed E-state index contributed by atoms with van der Waals surface area (Å²) in [5, 5.41) is 10.9. The van der Waals surface area contributed by atoms with E-state index in [9.17, 15) is 10.1 Å². The van der Waals surface area contributed by atoms with Crippen LogP contribution in [0.2, 0.25) is 0 Å². The van der Waals surface area contributed by atoms with Crippen molar-refractivity contribution in [2.75, 3.05) is 12.3 Å². The second-order valence-corrected chi connectivity index (χ2v) is 5.26. The first-order chi connectivity index (χ1) is 8.63. The van der Waals surface area contributed by atoms with E-state index in [1.165, 1.54) is 12.1 Å². The van der Waals surface area contributed by atoms with Gasteiger partial charge >= 0.3 is 0 Å². The minimum Gasteiger partial charge on any atom is -0.330 e. The number of nitrogens with two attached hydrogens (primary N) is 1. The summed E-state index contributed by atoms with van der Waals surface area (Å²) in [6.07, 6.45) is 1.71. The van der Waals surface area contributed by atoms with Crippen molar-refractivity contribution < 1.29 is 4.92 Å². The Morgan fingerprint density at radius 2 is 2.39 bits per heavy atom. The molecule has 0 saturated heterocycles. The van der Waals surface area contributed by atoms with Crippen molar-refractivity contribution in [1.29, 1.82) is 0 Å². The molecular formula is C11H14N4O2S. The second kappa shape index (κ2) is 5.36. The summed E-state index contributed by atoms with van der Waals surface area (Å²) in [4.78, 5) is 14.5. The Hall–Kier alpha value is -1.60. The molecule has 0 spiro atoms. The van der Waals surface area contributed by atoms with Crippen LogP contribution in [0.1, 0.15) is 12.3 Å². The van der Waals surface area contributed by atoms with Crippen molar-refractivity contribution in [1.82, 2.24) is 9.55 Å². The molecular weight excluding hydrogens is 252 g/mol. The Labute approximate surface area is 108 Å². The van der Waals surface area contributed by atoms with Gasteiger partial charge < -0.3 is 10.3 Å². The van der Waals surface area contributed by atoms with Crippen molar-refractivity contribution in [2.24, 2.45) is 5.73 Å². The van der Waals surface area contributed by atoms with Gasteiger partial charge in [-0.05, 0) is 13.0 Å². The average Bonchev–Trinajstić information content (AvgIpc) is 2.78. The zero-order chi connectivity index (χ0) is 13.1. The zero-order valence-corrected chi connectivity index (χ0v) is 10.8. The van der Waals surface area contributed by atoms with Gasteiger partial charge in [0.25, 0.3) is 5.69 Å². The monoisotopic (exact) mass is 266 g/mol. The molecule has 1 atom stereocenters. The highest BCUT2D eigenvalue weighted by Gasteiger charge is 2.13. The average molecular weight is 266 g/mol. The third-order valence-corrected chi connectivity index (χ3v) is 3.82. The van der Waals surface area contributed by atoms with Crippen LogP contribution in [0, 0.1) is 10.1 Å². The maximum atomic E-state index is 10.7. The molecule has 18 heavy (non-hydrogen) atoms. The third kappa shape index (κ3) is 2.46. The molecule has 0 aliphatic heterocycles. The smallest absolute Gasteiger partial charge is 0.271 e. The summed E-state index contributed by atoms with van der Waals surface area (Å²) >= 11 is 1.72. The molecule has 0 saturated carbocycles. The van der Waals surface area contributed by atoms with Gasteiger partial charge in [0.1, 0.15) is 0 Å². The Bertz CT molecular complexity index is 569. The van der Waals surface area contributed by atoms with E-state index in [-0.39, 0.29) is 11.1 Å². The first kappa shape index (κ1) is 12.8. The summed E-state index contributed by atoms with van der Waals surface area (Å²) in [7, 11) is 0. The quantitative estimate of drug-likeness (QED) is 0.662. The van der Waals surface area contributed by atoms with Gasteiger partial charge in [0, 0.05) is 24.4 Å². The van der Waals surface area contributed by atoms with Gasteiger partial charge in [0.05, 0.1) is 27.7 Å². The summed E-state index contributed by atoms with van der Waals surface area (Å²) in [6.45, 7) is 2.69. The van der Waals surface area contributed by atoms with Gasteiger partial charge in [-0.25, -0.2) is 4.98 Å². The van der Waals surface area contributed by atoms with Crippen molar-refractivity contribution in [3.63, 3.8) is 0 Å². The lowest BCUT2D eigenvalue weighted by atomic mass is 10.3. The predicted molar refractivity (Wildman–Crippen MR) is 72.6 cm³/mol. The molecule has 96 valence electrons. The Balaban J connectivity index is 2.33. The van der Waals surface area contributed by atoms with E-state index in [0.29, 0.717) is 12.1 Å². The molecule has 0 amide bonds. The highest BCUT2D eigenvalue weighted by molar-refractivity contribution is 7.99. The van der Waals surface area contributed by atoms with Gasteiger partial charge in [-0.2, -0.15) is 0 Å². The predicted octanol–water partition coefficient (Wildman–Crippen LogP) is 2.15. The maximum absolute atomic E-state index is 10.7. The summed E-state index contributed by atoms with van der Waals surface area (Å²) in [5.74, 6) is 0.869. The number of rotatable bonds is 5. The Morgan fingerprint density at radius 3 is 3.06 bits per heavy atom. The minimum absolute atomic E-state index is 0.0648. The molecule has 7 heteroatoms. The second-order valence-electron chi connectivity index (χ2n) is 3.84. The lowest BCUT2D eigenvalue weighted by Gasteiger charge is -2.13. The normalized spacial score (nSPS) is 12.8. The molecule has 2 rings (SSSR count). The number of thioether (sulfide) groups is 1. The van der Waals surface area contributed by atoms with Crippen molar-refractivity contribution in [3.05, 3.63) is 34.6 Å². The first-order valence-electron chi connectivity index (χ1n) is 5.56. The molecule has 2 N–H and O–H groups in total. The summed E-state index contributed by atoms with van der Waals surface area (Å²) < 4.78 is 2.00. The van der Waals surface area contributed by atoms with E-state index >= 15 is 0 Å². The summed E-state index contributed by atoms with van der Waals surface area (Å²) in [6, 6.07) is 4.73. The van der Waals surface area contributed by atoms with E-state index in [4.69, 9.17) is 5.73 Å². The fourth-order valence-corrected chi connectivity index (χ4v) is 2.55. The van der Waals surface area contributed by atoms with Crippen LogP contribution in [-0.4, -0.2) is 26.8 Å². The van der Waals surface area contributed by atoms with Crippen LogP contribution in [-0.2, 0) is 0 Å². The van der Waals surface area contributed by atoms with Gasteiger partial charge in [0.2, 0.25) is 0 Å². The number of nitro benzene ring substituents is 1. The molecule has 1 heterocycles. The van der Waals surface area contributed by atoms with E-state index in [1.54, 1.807) is 24.2 Å². The zero-order valence-electron chi connectivity index (χ0n) is 9.94. The number of aromatic nitrogens is 2. The van der Waals surface area contributed by atoms with E-state index in [1.807, 2.05) is 4.57 Å². The molecule has 0 aliphatic rings. The van der Waals surface area contributed by atoms with Gasteiger partial charge in [0.15, 0.2) is 0 Å². The molecule has 2 aromatic rings. The van der Waals surface area contributed by atoms with Crippen molar-refractivity contribution in [3.8, 4) is 0 Å². The molecule has 0 radical (unpaired) electrons. The van der Waals surface area contributed by atoms with Crippen LogP contribution in [0.25, 0.3) is 11.0 Å². The van der Waals surface area contributed by atoms with Crippen molar-refractivity contribution in [2.45, 2.75) is 12.3 Å². The topological polar surface area (TPSA) is 87.0 Å². The van der Waals surface area contributed by atoms with Crippen LogP contribution >= 0.6 is 11.8 Å². The fraction of sp³-hybridized carbons (Fsp3) is 0.364. The lowest BCUT2D eigenvalue weighted by molar-refractivity contribution is -0.384. The number of imidazole rings is 1. The number of non-ortho nitro benzene ring substituents is 1. The standard InChI is InChI=1S/C11H14N4O2S/c1-8(18-5-4-12)14-7-13-10-6-9(15(16)17)2-3-11(10)14/h2-3,6-8H,4-5,12H2,1H3. The number of nitrogens with zero attached hydrogens (tertiary/aromatic N) is 3. The van der Waals surface area contributed by atoms with E-state index < -0.39 is 4.92 Å². The molecule has 1 aromatic carbocycles. The number of nitro groups is 1. The number of hydrogen-bond acceptors (Lipinski definition) is 5. The fourth-order valence-electron chi connectivity index (χ4n) is 1.74. The lowest BCUT2D eigenvalue weighted by Crippen LogP contribution is -2.06. The molecule has 6 nitrogen and oxygen atoms in total. The van der Waals surface area contributed by atoms with E-state index in [2.05, 4.69) is 11.9 Å². The van der Waals surface area contributed by atoms with E-state index in [0.717, 1.165) is 11.3 Å². The first-order valence-corrected chi connectivity index (χ1v) is 6.61. The SMILES string of the molecule is CC(SCCN)n1cnc2cc([N+](=O)[O-])ccc21. The molecule has 1 unspecified atom stereocenters. The highest BCUT2D eigenvalue weighted by atomic mass is 32.2. The Kier molecular flexibility index (Phi) is 3.83. The maximum Gasteiger partial charge on any atom is 0.271 e. The minimum atomic E-state index is -0.412. The molecule has 0 fully saturated rings. The molecule has 1 aromatic heterocycles. The molecule has 0 aliphatic carbocycles. The third-order valence-electron chi connectivity index (χ3n) is 2.64. The largest absolute Gasteiger partial charge is 0.330 e. The van der Waals surface area contributed by atoms with Crippen LogP contribution < -0.4 is 5.73 Å². The van der Waals surface area contributed by atoms with Gasteiger partial charge in [-0.15, -0.1) is 11.8 Å².